The molecule has 2 fully saturated rings. The van der Waals surface area contributed by atoms with E-state index in [1.165, 1.54) is 13.0 Å². The summed E-state index contributed by atoms with van der Waals surface area (Å²) in [6.45, 7) is 3.27. The van der Waals surface area contributed by atoms with E-state index in [0.717, 1.165) is 28.8 Å². The van der Waals surface area contributed by atoms with E-state index in [0.29, 0.717) is 42.9 Å². The first-order chi connectivity index (χ1) is 16.2. The summed E-state index contributed by atoms with van der Waals surface area (Å²) in [6, 6.07) is 9.89. The highest BCUT2D eigenvalue weighted by Crippen LogP contribution is 2.33. The number of benzene rings is 2. The molecule has 10 heteroatoms. The van der Waals surface area contributed by atoms with Gasteiger partial charge in [-0.05, 0) is 53.2 Å². The molecule has 0 aliphatic carbocycles. The van der Waals surface area contributed by atoms with Gasteiger partial charge in [0.25, 0.3) is 17.1 Å². The van der Waals surface area contributed by atoms with Gasteiger partial charge in [-0.25, -0.2) is 8.78 Å². The molecule has 0 bridgehead atoms. The van der Waals surface area contributed by atoms with Crippen LogP contribution in [0.15, 0.2) is 47.4 Å². The molecular formula is C24H21F2N3O4S. The van der Waals surface area contributed by atoms with E-state index in [1.54, 1.807) is 40.1 Å². The van der Waals surface area contributed by atoms with Crippen LogP contribution in [0, 0.1) is 11.6 Å². The Bertz CT molecular complexity index is 1190. The molecule has 4 rings (SSSR count). The normalized spacial score (nSPS) is 17.6. The van der Waals surface area contributed by atoms with Crippen molar-refractivity contribution >= 4 is 40.8 Å². The highest BCUT2D eigenvalue weighted by Gasteiger charge is 2.35. The molecule has 0 atom stereocenters. The summed E-state index contributed by atoms with van der Waals surface area (Å²) in [5.41, 5.74) is 1.42. The Morgan fingerprint density at radius 2 is 1.59 bits per heavy atom. The molecule has 0 N–H and O–H groups in total. The fraction of sp³-hybridized carbons (Fsp3) is 0.250. The van der Waals surface area contributed by atoms with Crippen LogP contribution in [-0.2, 0) is 16.1 Å². The fourth-order valence-electron chi connectivity index (χ4n) is 3.74. The Hall–Kier alpha value is -3.53. The van der Waals surface area contributed by atoms with Gasteiger partial charge in [-0.2, -0.15) is 0 Å². The first-order valence-corrected chi connectivity index (χ1v) is 11.4. The largest absolute Gasteiger partial charge is 0.339 e. The third-order valence-corrected chi connectivity index (χ3v) is 6.57. The highest BCUT2D eigenvalue weighted by molar-refractivity contribution is 8.18. The van der Waals surface area contributed by atoms with Gasteiger partial charge in [0.1, 0.15) is 0 Å². The van der Waals surface area contributed by atoms with Crippen molar-refractivity contribution in [3.8, 4) is 0 Å². The van der Waals surface area contributed by atoms with Crippen molar-refractivity contribution in [1.29, 1.82) is 0 Å². The molecule has 2 saturated heterocycles. The lowest BCUT2D eigenvalue weighted by Gasteiger charge is -2.34. The number of amides is 4. The second kappa shape index (κ2) is 9.76. The summed E-state index contributed by atoms with van der Waals surface area (Å²) in [6.07, 6.45) is 1.55. The maximum absolute atomic E-state index is 13.4. The number of carbonyl (C=O) groups is 4. The van der Waals surface area contributed by atoms with Gasteiger partial charge in [0, 0.05) is 38.7 Å². The smallest absolute Gasteiger partial charge is 0.293 e. The highest BCUT2D eigenvalue weighted by atomic mass is 32.2. The van der Waals surface area contributed by atoms with Crippen LogP contribution in [0.5, 0.6) is 0 Å². The number of thioether (sulfide) groups is 1. The SMILES string of the molecule is CC(=O)N1CCN(C(=O)c2ccc(/C=C3\SC(=O)N(Cc4ccc(F)c(F)c4)C3=O)cc2)CC1. The van der Waals surface area contributed by atoms with E-state index >= 15 is 0 Å². The number of halogens is 2. The molecule has 0 radical (unpaired) electrons. The second-order valence-electron chi connectivity index (χ2n) is 7.94. The molecular weight excluding hydrogens is 464 g/mol. The second-order valence-corrected chi connectivity index (χ2v) is 8.93. The van der Waals surface area contributed by atoms with E-state index in [-0.39, 0.29) is 23.3 Å². The van der Waals surface area contributed by atoms with E-state index in [9.17, 15) is 28.0 Å². The van der Waals surface area contributed by atoms with Crippen molar-refractivity contribution in [1.82, 2.24) is 14.7 Å². The summed E-state index contributed by atoms with van der Waals surface area (Å²) in [5, 5.41) is -0.502. The van der Waals surface area contributed by atoms with Crippen LogP contribution in [0.3, 0.4) is 0 Å². The predicted octanol–water partition coefficient (Wildman–Crippen LogP) is 3.51. The molecule has 176 valence electrons. The number of imide groups is 1. The van der Waals surface area contributed by atoms with Gasteiger partial charge in [0.05, 0.1) is 11.4 Å². The zero-order chi connectivity index (χ0) is 24.4. The standard InChI is InChI=1S/C24H21F2N3O4S/c1-15(30)27-8-10-28(11-9-27)22(31)18-5-2-16(3-6-18)13-21-23(32)29(24(33)34-21)14-17-4-7-19(25)20(26)12-17/h2-7,12-13H,8-11,14H2,1H3/b21-13-. The molecule has 0 spiro atoms. The minimum absolute atomic E-state index is 0.00862. The number of carbonyl (C=O) groups excluding carboxylic acids is 4. The van der Waals surface area contributed by atoms with E-state index in [4.69, 9.17) is 0 Å². The zero-order valence-electron chi connectivity index (χ0n) is 18.3. The van der Waals surface area contributed by atoms with Crippen LogP contribution in [0.2, 0.25) is 0 Å². The Labute approximate surface area is 199 Å². The topological polar surface area (TPSA) is 78.0 Å². The van der Waals surface area contributed by atoms with Crippen molar-refractivity contribution in [2.24, 2.45) is 0 Å². The molecule has 2 aliphatic heterocycles. The molecule has 2 aliphatic rings. The zero-order valence-corrected chi connectivity index (χ0v) is 19.1. The molecule has 7 nitrogen and oxygen atoms in total. The van der Waals surface area contributed by atoms with Crippen LogP contribution in [0.25, 0.3) is 6.08 Å². The molecule has 0 unspecified atom stereocenters. The summed E-state index contributed by atoms with van der Waals surface area (Å²) in [4.78, 5) is 53.8. The summed E-state index contributed by atoms with van der Waals surface area (Å²) in [7, 11) is 0. The van der Waals surface area contributed by atoms with Crippen molar-refractivity contribution < 1.29 is 28.0 Å². The Kier molecular flexibility index (Phi) is 6.78. The van der Waals surface area contributed by atoms with E-state index in [1.807, 2.05) is 0 Å². The van der Waals surface area contributed by atoms with Gasteiger partial charge >= 0.3 is 0 Å². The maximum Gasteiger partial charge on any atom is 0.293 e. The lowest BCUT2D eigenvalue weighted by molar-refractivity contribution is -0.130. The monoisotopic (exact) mass is 485 g/mol. The number of hydrogen-bond donors (Lipinski definition) is 0. The van der Waals surface area contributed by atoms with Crippen molar-refractivity contribution in [2.75, 3.05) is 26.2 Å². The summed E-state index contributed by atoms with van der Waals surface area (Å²) < 4.78 is 26.6. The number of piperazine rings is 1. The van der Waals surface area contributed by atoms with E-state index in [2.05, 4.69) is 0 Å². The number of rotatable bonds is 4. The molecule has 0 saturated carbocycles. The van der Waals surface area contributed by atoms with Crippen LogP contribution in [0.4, 0.5) is 13.6 Å². The Morgan fingerprint density at radius 1 is 0.941 bits per heavy atom. The number of hydrogen-bond acceptors (Lipinski definition) is 5. The van der Waals surface area contributed by atoms with Gasteiger partial charge < -0.3 is 9.80 Å². The fourth-order valence-corrected chi connectivity index (χ4v) is 4.58. The Balaban J connectivity index is 1.41. The van der Waals surface area contributed by atoms with Crippen LogP contribution >= 0.6 is 11.8 Å². The molecule has 4 amide bonds. The average Bonchev–Trinajstić information content (AvgIpc) is 3.08. The third-order valence-electron chi connectivity index (χ3n) is 5.67. The molecule has 2 aromatic carbocycles. The van der Waals surface area contributed by atoms with Gasteiger partial charge in [0.15, 0.2) is 11.6 Å². The summed E-state index contributed by atoms with van der Waals surface area (Å²) in [5.74, 6) is -2.72. The summed E-state index contributed by atoms with van der Waals surface area (Å²) >= 11 is 0.762. The quantitative estimate of drug-likeness (QED) is 0.620. The lowest BCUT2D eigenvalue weighted by atomic mass is 10.1. The maximum atomic E-state index is 13.4. The third kappa shape index (κ3) is 5.01. The first kappa shape index (κ1) is 23.6. The van der Waals surface area contributed by atoms with Gasteiger partial charge in [0.2, 0.25) is 5.91 Å². The van der Waals surface area contributed by atoms with Crippen LogP contribution in [0.1, 0.15) is 28.4 Å². The molecule has 2 heterocycles. The van der Waals surface area contributed by atoms with Gasteiger partial charge in [-0.3, -0.25) is 24.1 Å². The van der Waals surface area contributed by atoms with Crippen LogP contribution in [-0.4, -0.2) is 63.8 Å². The molecule has 0 aromatic heterocycles. The van der Waals surface area contributed by atoms with Gasteiger partial charge in [-0.1, -0.05) is 18.2 Å². The minimum Gasteiger partial charge on any atom is -0.339 e. The Morgan fingerprint density at radius 3 is 2.21 bits per heavy atom. The molecule has 2 aromatic rings. The van der Waals surface area contributed by atoms with Crippen molar-refractivity contribution in [3.05, 3.63) is 75.7 Å². The van der Waals surface area contributed by atoms with Crippen LogP contribution < -0.4 is 0 Å². The average molecular weight is 486 g/mol. The van der Waals surface area contributed by atoms with E-state index < -0.39 is 22.8 Å². The number of nitrogens with zero attached hydrogens (tertiary/aromatic N) is 3. The lowest BCUT2D eigenvalue weighted by Crippen LogP contribution is -2.50. The first-order valence-electron chi connectivity index (χ1n) is 10.6. The molecule has 34 heavy (non-hydrogen) atoms. The van der Waals surface area contributed by atoms with Crippen molar-refractivity contribution in [3.63, 3.8) is 0 Å². The predicted molar refractivity (Wildman–Crippen MR) is 122 cm³/mol. The minimum atomic E-state index is -1.05. The van der Waals surface area contributed by atoms with Gasteiger partial charge in [-0.15, -0.1) is 0 Å². The van der Waals surface area contributed by atoms with Crippen molar-refractivity contribution in [2.45, 2.75) is 13.5 Å².